The van der Waals surface area contributed by atoms with Crippen LogP contribution < -0.4 is 10.6 Å². The molecule has 1 saturated heterocycles. The third kappa shape index (κ3) is 3.21. The Morgan fingerprint density at radius 3 is 2.65 bits per heavy atom. The molecule has 1 amide bonds. The average molecular weight is 274 g/mol. The van der Waals surface area contributed by atoms with E-state index in [1.807, 2.05) is 12.1 Å². The predicted molar refractivity (Wildman–Crippen MR) is 84.0 cm³/mol. The average Bonchev–Trinajstić information content (AvgIpc) is 2.48. The van der Waals surface area contributed by atoms with Gasteiger partial charge < -0.3 is 10.6 Å². The molecule has 1 heterocycles. The Bertz CT molecular complexity index is 462. The molecule has 0 radical (unpaired) electrons. The van der Waals surface area contributed by atoms with E-state index in [9.17, 15) is 4.79 Å². The second-order valence-electron chi connectivity index (χ2n) is 6.12. The van der Waals surface area contributed by atoms with Gasteiger partial charge >= 0.3 is 0 Å². The quantitative estimate of drug-likeness (QED) is 0.882. The van der Waals surface area contributed by atoms with Gasteiger partial charge in [-0.25, -0.2) is 0 Å². The van der Waals surface area contributed by atoms with Crippen LogP contribution in [0.5, 0.6) is 0 Å². The maximum absolute atomic E-state index is 12.7. The van der Waals surface area contributed by atoms with E-state index in [4.69, 9.17) is 0 Å². The van der Waals surface area contributed by atoms with Crippen molar-refractivity contribution in [1.82, 2.24) is 5.32 Å². The lowest BCUT2D eigenvalue weighted by Crippen LogP contribution is -2.44. The van der Waals surface area contributed by atoms with E-state index >= 15 is 0 Å². The molecule has 2 N–H and O–H groups in total. The number of piperidine rings is 1. The van der Waals surface area contributed by atoms with E-state index in [1.165, 1.54) is 5.56 Å². The number of hydrogen-bond acceptors (Lipinski definition) is 2. The van der Waals surface area contributed by atoms with Crippen molar-refractivity contribution in [2.75, 3.05) is 18.4 Å². The Labute approximate surface area is 122 Å². The van der Waals surface area contributed by atoms with Crippen molar-refractivity contribution in [2.45, 2.75) is 46.0 Å². The molecule has 2 rings (SSSR count). The molecule has 0 unspecified atom stereocenters. The number of amides is 1. The summed E-state index contributed by atoms with van der Waals surface area (Å²) in [5, 5.41) is 6.47. The first-order valence-electron chi connectivity index (χ1n) is 7.69. The molecule has 0 aliphatic carbocycles. The highest BCUT2D eigenvalue weighted by atomic mass is 16.2. The molecule has 0 aromatic heterocycles. The fourth-order valence-electron chi connectivity index (χ4n) is 2.89. The highest BCUT2D eigenvalue weighted by Gasteiger charge is 2.37. The molecule has 110 valence electrons. The summed E-state index contributed by atoms with van der Waals surface area (Å²) in [6.07, 6.45) is 2.77. The zero-order chi connectivity index (χ0) is 14.6. The van der Waals surface area contributed by atoms with Gasteiger partial charge in [0.2, 0.25) is 5.91 Å². The summed E-state index contributed by atoms with van der Waals surface area (Å²) in [6.45, 7) is 8.33. The molecule has 0 atom stereocenters. The second kappa shape index (κ2) is 6.40. The molecule has 1 aliphatic rings. The number of nitrogens with one attached hydrogen (secondary N) is 2. The van der Waals surface area contributed by atoms with Crippen molar-refractivity contribution in [3.63, 3.8) is 0 Å². The van der Waals surface area contributed by atoms with E-state index in [0.29, 0.717) is 5.92 Å². The third-order valence-electron chi connectivity index (χ3n) is 4.53. The van der Waals surface area contributed by atoms with Gasteiger partial charge in [0, 0.05) is 5.69 Å². The molecule has 20 heavy (non-hydrogen) atoms. The number of anilines is 1. The van der Waals surface area contributed by atoms with Crippen LogP contribution in [0.3, 0.4) is 0 Å². The van der Waals surface area contributed by atoms with E-state index < -0.39 is 0 Å². The Balaban J connectivity index is 2.12. The van der Waals surface area contributed by atoms with E-state index in [-0.39, 0.29) is 11.3 Å². The smallest absolute Gasteiger partial charge is 0.230 e. The number of hydrogen-bond donors (Lipinski definition) is 2. The Kier molecular flexibility index (Phi) is 4.81. The lowest BCUT2D eigenvalue weighted by molar-refractivity contribution is -0.127. The maximum Gasteiger partial charge on any atom is 0.230 e. The van der Waals surface area contributed by atoms with Crippen LogP contribution in [0.15, 0.2) is 24.3 Å². The summed E-state index contributed by atoms with van der Waals surface area (Å²) in [5.74, 6) is 0.660. The summed E-state index contributed by atoms with van der Waals surface area (Å²) in [7, 11) is 0. The van der Waals surface area contributed by atoms with Crippen LogP contribution in [-0.2, 0) is 4.79 Å². The van der Waals surface area contributed by atoms with Gasteiger partial charge in [-0.1, -0.05) is 32.9 Å². The molecule has 3 heteroatoms. The minimum atomic E-state index is -0.195. The fraction of sp³-hybridized carbons (Fsp3) is 0.588. The van der Waals surface area contributed by atoms with Gasteiger partial charge in [-0.3, -0.25) is 4.79 Å². The third-order valence-corrected chi connectivity index (χ3v) is 4.53. The minimum absolute atomic E-state index is 0.183. The first-order valence-corrected chi connectivity index (χ1v) is 7.69. The molecule has 3 nitrogen and oxygen atoms in total. The predicted octanol–water partition coefficient (Wildman–Crippen LogP) is 3.53. The minimum Gasteiger partial charge on any atom is -0.326 e. The van der Waals surface area contributed by atoms with Crippen LogP contribution in [-0.4, -0.2) is 19.0 Å². The molecular weight excluding hydrogens is 248 g/mol. The molecule has 1 aromatic carbocycles. The van der Waals surface area contributed by atoms with Gasteiger partial charge in [-0.15, -0.1) is 0 Å². The molecule has 1 aromatic rings. The molecule has 0 spiro atoms. The van der Waals surface area contributed by atoms with Crippen LogP contribution in [0.1, 0.15) is 51.5 Å². The Morgan fingerprint density at radius 1 is 1.35 bits per heavy atom. The van der Waals surface area contributed by atoms with Gasteiger partial charge in [-0.05, 0) is 56.0 Å². The zero-order valence-corrected chi connectivity index (χ0v) is 12.8. The summed E-state index contributed by atoms with van der Waals surface area (Å²) in [4.78, 5) is 12.7. The number of benzene rings is 1. The van der Waals surface area contributed by atoms with Crippen molar-refractivity contribution in [1.29, 1.82) is 0 Å². The normalized spacial score (nSPS) is 18.0. The summed E-state index contributed by atoms with van der Waals surface area (Å²) >= 11 is 0. The molecule has 0 saturated carbocycles. The van der Waals surface area contributed by atoms with E-state index in [2.05, 4.69) is 43.5 Å². The van der Waals surface area contributed by atoms with Crippen LogP contribution in [0.2, 0.25) is 0 Å². The van der Waals surface area contributed by atoms with Crippen LogP contribution in [0.4, 0.5) is 5.69 Å². The maximum atomic E-state index is 12.7. The van der Waals surface area contributed by atoms with Crippen molar-refractivity contribution in [3.8, 4) is 0 Å². The lowest BCUT2D eigenvalue weighted by Gasteiger charge is -2.35. The molecule has 1 aliphatic heterocycles. The zero-order valence-electron chi connectivity index (χ0n) is 12.8. The molecule has 1 fully saturated rings. The second-order valence-corrected chi connectivity index (χ2v) is 6.12. The fourth-order valence-corrected chi connectivity index (χ4v) is 2.89. The highest BCUT2D eigenvalue weighted by molar-refractivity contribution is 5.95. The first kappa shape index (κ1) is 15.0. The molecule has 0 bridgehead atoms. The SMILES string of the molecule is CCC1(C(=O)Nc2cccc(C(C)C)c2)CCNCC1. The monoisotopic (exact) mass is 274 g/mol. The number of carbonyl (C=O) groups is 1. The van der Waals surface area contributed by atoms with Crippen molar-refractivity contribution < 1.29 is 4.79 Å². The Hall–Kier alpha value is -1.35. The Morgan fingerprint density at radius 2 is 2.05 bits per heavy atom. The largest absolute Gasteiger partial charge is 0.326 e. The number of carbonyl (C=O) groups excluding carboxylic acids is 1. The standard InChI is InChI=1S/C17H26N2O/c1-4-17(8-10-18-11-9-17)16(20)19-15-7-5-6-14(12-15)13(2)3/h5-7,12-13,18H,4,8-11H2,1-3H3,(H,19,20). The van der Waals surface area contributed by atoms with Crippen LogP contribution in [0.25, 0.3) is 0 Å². The van der Waals surface area contributed by atoms with E-state index in [1.54, 1.807) is 0 Å². The van der Waals surface area contributed by atoms with Gasteiger partial charge in [0.15, 0.2) is 0 Å². The molecular formula is C17H26N2O. The van der Waals surface area contributed by atoms with Crippen molar-refractivity contribution in [2.24, 2.45) is 5.41 Å². The van der Waals surface area contributed by atoms with Gasteiger partial charge in [-0.2, -0.15) is 0 Å². The summed E-state index contributed by atoms with van der Waals surface area (Å²) < 4.78 is 0. The van der Waals surface area contributed by atoms with Crippen molar-refractivity contribution in [3.05, 3.63) is 29.8 Å². The lowest BCUT2D eigenvalue weighted by atomic mass is 9.76. The number of rotatable bonds is 4. The first-order chi connectivity index (χ1) is 9.57. The van der Waals surface area contributed by atoms with Gasteiger partial charge in [0.05, 0.1) is 5.41 Å². The van der Waals surface area contributed by atoms with Crippen LogP contribution >= 0.6 is 0 Å². The van der Waals surface area contributed by atoms with Gasteiger partial charge in [0.25, 0.3) is 0 Å². The topological polar surface area (TPSA) is 41.1 Å². The van der Waals surface area contributed by atoms with Crippen LogP contribution in [0, 0.1) is 5.41 Å². The summed E-state index contributed by atoms with van der Waals surface area (Å²) in [5.41, 5.74) is 1.99. The van der Waals surface area contributed by atoms with Gasteiger partial charge in [0.1, 0.15) is 0 Å². The summed E-state index contributed by atoms with van der Waals surface area (Å²) in [6, 6.07) is 8.20. The highest BCUT2D eigenvalue weighted by Crippen LogP contribution is 2.34. The van der Waals surface area contributed by atoms with E-state index in [0.717, 1.165) is 38.0 Å². The van der Waals surface area contributed by atoms with Crippen molar-refractivity contribution >= 4 is 11.6 Å².